The molecule has 7 heteroatoms. The normalized spacial score (nSPS) is 15.6. The van der Waals surface area contributed by atoms with E-state index in [-0.39, 0.29) is 5.91 Å². The Morgan fingerprint density at radius 3 is 2.77 bits per heavy atom. The van der Waals surface area contributed by atoms with E-state index in [4.69, 9.17) is 17.3 Å². The summed E-state index contributed by atoms with van der Waals surface area (Å²) in [4.78, 5) is 21.0. The lowest BCUT2D eigenvalue weighted by Gasteiger charge is -2.34. The predicted octanol–water partition coefficient (Wildman–Crippen LogP) is 6.36. The van der Waals surface area contributed by atoms with Gasteiger partial charge in [0, 0.05) is 29.7 Å². The van der Waals surface area contributed by atoms with Crippen molar-refractivity contribution in [1.29, 1.82) is 0 Å². The lowest BCUT2D eigenvalue weighted by atomic mass is 9.96. The van der Waals surface area contributed by atoms with Crippen LogP contribution in [-0.2, 0) is 0 Å². The number of nitrogens with one attached hydrogen (secondary N) is 1. The summed E-state index contributed by atoms with van der Waals surface area (Å²) < 4.78 is 0. The molecule has 0 aliphatic carbocycles. The highest BCUT2D eigenvalue weighted by Crippen LogP contribution is 2.36. The molecule has 5 nitrogen and oxygen atoms in total. The molecular weight excluding hydrogens is 428 g/mol. The molecule has 1 aromatic carbocycles. The minimum Gasteiger partial charge on any atom is -0.370 e. The van der Waals surface area contributed by atoms with Crippen LogP contribution in [0, 0.1) is 5.92 Å². The molecule has 1 aliphatic rings. The molecule has 1 saturated heterocycles. The molecule has 0 unspecified atom stereocenters. The van der Waals surface area contributed by atoms with Gasteiger partial charge in [-0.05, 0) is 69.8 Å². The topological polar surface area (TPSA) is 70.7 Å². The summed E-state index contributed by atoms with van der Waals surface area (Å²) in [7, 11) is 0. The van der Waals surface area contributed by atoms with Crippen LogP contribution < -0.4 is 16.0 Å². The summed E-state index contributed by atoms with van der Waals surface area (Å²) in [6.07, 6.45) is 6.90. The Kier molecular flexibility index (Phi) is 8.29. The van der Waals surface area contributed by atoms with Crippen LogP contribution >= 0.6 is 22.9 Å². The van der Waals surface area contributed by atoms with E-state index in [1.165, 1.54) is 16.9 Å². The second-order valence-corrected chi connectivity index (χ2v) is 9.22. The molecule has 2 aromatic rings. The molecule has 0 saturated carbocycles. The number of aliphatic imine (C=N–C) groups is 1. The third kappa shape index (κ3) is 5.76. The van der Waals surface area contributed by atoms with Crippen LogP contribution in [0.1, 0.15) is 55.3 Å². The second kappa shape index (κ2) is 10.9. The quantitative estimate of drug-likeness (QED) is 0.474. The first kappa shape index (κ1) is 23.5. The fourth-order valence-electron chi connectivity index (χ4n) is 3.70. The van der Waals surface area contributed by atoms with Crippen LogP contribution in [0.15, 0.2) is 34.1 Å². The van der Waals surface area contributed by atoms with Crippen LogP contribution in [0.4, 0.5) is 17.1 Å². The number of benzene rings is 1. The van der Waals surface area contributed by atoms with E-state index in [1.807, 2.05) is 30.5 Å². The second-order valence-electron chi connectivity index (χ2n) is 7.88. The fourth-order valence-corrected chi connectivity index (χ4v) is 4.88. The number of carbonyl (C=O) groups is 1. The monoisotopic (exact) mass is 458 g/mol. The SMILES string of the molecule is C/C=N\c1c(C(=O)Nc2cc(Cl)ccc2N2CCC(CN)CC2)csc1/C=C(\C)CC. The van der Waals surface area contributed by atoms with Gasteiger partial charge in [0.2, 0.25) is 0 Å². The summed E-state index contributed by atoms with van der Waals surface area (Å²) in [5, 5.41) is 5.56. The highest BCUT2D eigenvalue weighted by atomic mass is 35.5. The molecule has 1 aliphatic heterocycles. The van der Waals surface area contributed by atoms with Crippen molar-refractivity contribution in [3.05, 3.63) is 44.6 Å². The van der Waals surface area contributed by atoms with Gasteiger partial charge < -0.3 is 16.0 Å². The molecule has 1 amide bonds. The van der Waals surface area contributed by atoms with Gasteiger partial charge in [-0.25, -0.2) is 0 Å². The number of rotatable bonds is 7. The van der Waals surface area contributed by atoms with E-state index >= 15 is 0 Å². The van der Waals surface area contributed by atoms with E-state index < -0.39 is 0 Å². The number of allylic oxidation sites excluding steroid dienone is 1. The smallest absolute Gasteiger partial charge is 0.258 e. The Balaban J connectivity index is 1.88. The maximum absolute atomic E-state index is 13.2. The van der Waals surface area contributed by atoms with Gasteiger partial charge in [0.15, 0.2) is 0 Å². The molecule has 2 heterocycles. The number of carbonyl (C=O) groups excluding carboxylic acids is 1. The Bertz CT molecular complexity index is 974. The van der Waals surface area contributed by atoms with Crippen molar-refractivity contribution >= 4 is 58.2 Å². The van der Waals surface area contributed by atoms with Gasteiger partial charge in [0.25, 0.3) is 5.91 Å². The molecule has 3 rings (SSSR count). The average molecular weight is 459 g/mol. The number of hydrogen-bond donors (Lipinski definition) is 2. The van der Waals surface area contributed by atoms with Crippen LogP contribution in [0.5, 0.6) is 0 Å². The van der Waals surface area contributed by atoms with Gasteiger partial charge in [-0.15, -0.1) is 11.3 Å². The van der Waals surface area contributed by atoms with Gasteiger partial charge in [0.1, 0.15) is 0 Å². The summed E-state index contributed by atoms with van der Waals surface area (Å²) in [6.45, 7) is 8.63. The lowest BCUT2D eigenvalue weighted by molar-refractivity contribution is 0.102. The van der Waals surface area contributed by atoms with Crippen molar-refractivity contribution < 1.29 is 4.79 Å². The number of anilines is 2. The van der Waals surface area contributed by atoms with Gasteiger partial charge in [-0.1, -0.05) is 24.1 Å². The minimum atomic E-state index is -0.175. The first-order valence-corrected chi connectivity index (χ1v) is 12.1. The largest absolute Gasteiger partial charge is 0.370 e. The molecule has 0 radical (unpaired) electrons. The number of thiophene rings is 1. The van der Waals surface area contributed by atoms with Crippen molar-refractivity contribution in [2.24, 2.45) is 16.6 Å². The Hall–Kier alpha value is -2.15. The molecule has 0 atom stereocenters. The van der Waals surface area contributed by atoms with Crippen molar-refractivity contribution in [3.63, 3.8) is 0 Å². The number of nitrogens with two attached hydrogens (primary N) is 1. The summed E-state index contributed by atoms with van der Waals surface area (Å²) in [6, 6.07) is 5.68. The molecule has 0 spiro atoms. The molecule has 31 heavy (non-hydrogen) atoms. The van der Waals surface area contributed by atoms with Crippen LogP contribution in [0.25, 0.3) is 6.08 Å². The fraction of sp³-hybridized carbons (Fsp3) is 0.417. The number of halogens is 1. The zero-order chi connectivity index (χ0) is 22.4. The maximum Gasteiger partial charge on any atom is 0.258 e. The lowest BCUT2D eigenvalue weighted by Crippen LogP contribution is -2.36. The molecule has 1 fully saturated rings. The van der Waals surface area contributed by atoms with Crippen molar-refractivity contribution in [1.82, 2.24) is 0 Å². The van der Waals surface area contributed by atoms with Gasteiger partial charge in [0.05, 0.1) is 27.5 Å². The molecular formula is C24H31ClN4OS. The first-order valence-electron chi connectivity index (χ1n) is 10.8. The third-order valence-corrected chi connectivity index (χ3v) is 6.88. The van der Waals surface area contributed by atoms with Crippen molar-refractivity contribution in [2.75, 3.05) is 29.9 Å². The Morgan fingerprint density at radius 1 is 1.39 bits per heavy atom. The van der Waals surface area contributed by atoms with E-state index in [0.29, 0.717) is 22.2 Å². The first-order chi connectivity index (χ1) is 15.0. The van der Waals surface area contributed by atoms with Gasteiger partial charge in [-0.2, -0.15) is 0 Å². The highest BCUT2D eigenvalue weighted by molar-refractivity contribution is 7.11. The summed E-state index contributed by atoms with van der Waals surface area (Å²) >= 11 is 7.81. The molecule has 3 N–H and O–H groups in total. The predicted molar refractivity (Wildman–Crippen MR) is 135 cm³/mol. The molecule has 0 bridgehead atoms. The summed E-state index contributed by atoms with van der Waals surface area (Å²) in [5.74, 6) is 0.394. The zero-order valence-corrected chi connectivity index (χ0v) is 20.0. The van der Waals surface area contributed by atoms with Crippen LogP contribution in [0.2, 0.25) is 5.02 Å². The van der Waals surface area contributed by atoms with E-state index in [9.17, 15) is 4.79 Å². The zero-order valence-electron chi connectivity index (χ0n) is 18.5. The number of hydrogen-bond acceptors (Lipinski definition) is 5. The standard InChI is InChI=1S/C24H31ClN4OS/c1-4-16(3)12-22-23(27-5-2)19(15-31-22)24(30)28-20-13-18(25)6-7-21(20)29-10-8-17(14-26)9-11-29/h5-7,12-13,15,17H,4,8-11,14,26H2,1-3H3,(H,28,30)/b16-12+,27-5-. The van der Waals surface area contributed by atoms with Gasteiger partial charge in [-0.3, -0.25) is 9.79 Å². The molecule has 1 aromatic heterocycles. The molecule has 166 valence electrons. The third-order valence-electron chi connectivity index (χ3n) is 5.73. The summed E-state index contributed by atoms with van der Waals surface area (Å²) in [5.41, 5.74) is 10.1. The van der Waals surface area contributed by atoms with Crippen LogP contribution in [-0.4, -0.2) is 31.8 Å². The average Bonchev–Trinajstić information content (AvgIpc) is 3.16. The number of amides is 1. The van der Waals surface area contributed by atoms with Crippen molar-refractivity contribution in [3.8, 4) is 0 Å². The Labute approximate surface area is 194 Å². The highest BCUT2D eigenvalue weighted by Gasteiger charge is 2.22. The van der Waals surface area contributed by atoms with Crippen LogP contribution in [0.3, 0.4) is 0 Å². The van der Waals surface area contributed by atoms with E-state index in [1.54, 1.807) is 6.21 Å². The van der Waals surface area contributed by atoms with E-state index in [0.717, 1.165) is 55.1 Å². The Morgan fingerprint density at radius 2 is 2.13 bits per heavy atom. The number of nitrogens with zero attached hydrogens (tertiary/aromatic N) is 2. The van der Waals surface area contributed by atoms with E-state index in [2.05, 4.69) is 35.1 Å². The number of piperidine rings is 1. The minimum absolute atomic E-state index is 0.175. The van der Waals surface area contributed by atoms with Crippen molar-refractivity contribution in [2.45, 2.75) is 40.0 Å². The van der Waals surface area contributed by atoms with Gasteiger partial charge >= 0.3 is 0 Å². The maximum atomic E-state index is 13.2.